The van der Waals surface area contributed by atoms with Gasteiger partial charge in [0.2, 0.25) is 0 Å². The van der Waals surface area contributed by atoms with Crippen molar-refractivity contribution in [2.45, 2.75) is 26.2 Å². The summed E-state index contributed by atoms with van der Waals surface area (Å²) < 4.78 is 5.83. The maximum absolute atomic E-state index is 5.83. The van der Waals surface area contributed by atoms with Gasteiger partial charge < -0.3 is 4.74 Å². The van der Waals surface area contributed by atoms with Gasteiger partial charge in [-0.1, -0.05) is 39.0 Å². The molecule has 1 aromatic heterocycles. The Bertz CT molecular complexity index is 771. The third kappa shape index (κ3) is 3.78. The van der Waals surface area contributed by atoms with Crippen molar-refractivity contribution < 1.29 is 4.74 Å². The first kappa shape index (κ1) is 15.3. The van der Waals surface area contributed by atoms with Crippen molar-refractivity contribution in [2.75, 3.05) is 0 Å². The average Bonchev–Trinajstić information content (AvgIpc) is 2.56. The topological polar surface area (TPSA) is 22.1 Å². The number of hydrogen-bond acceptors (Lipinski definition) is 2. The van der Waals surface area contributed by atoms with E-state index in [1.165, 1.54) is 5.56 Å². The van der Waals surface area contributed by atoms with Crippen molar-refractivity contribution in [1.82, 2.24) is 4.98 Å². The molecule has 0 amide bonds. The van der Waals surface area contributed by atoms with Gasteiger partial charge in [0.1, 0.15) is 11.5 Å². The first-order chi connectivity index (χ1) is 11.0. The van der Waals surface area contributed by atoms with Gasteiger partial charge in [0.25, 0.3) is 0 Å². The predicted octanol–water partition coefficient (Wildman–Crippen LogP) is 5.84. The summed E-state index contributed by atoms with van der Waals surface area (Å²) >= 11 is 0. The second kappa shape index (κ2) is 6.25. The molecular formula is C21H21NO. The molecule has 0 bridgehead atoms. The Hall–Kier alpha value is -2.61. The van der Waals surface area contributed by atoms with Crippen LogP contribution in [0.2, 0.25) is 0 Å². The number of pyridine rings is 1. The zero-order valence-corrected chi connectivity index (χ0v) is 13.8. The Labute approximate surface area is 137 Å². The van der Waals surface area contributed by atoms with Crippen LogP contribution in [0.15, 0.2) is 72.9 Å². The lowest BCUT2D eigenvalue weighted by molar-refractivity contribution is 0.483. The quantitative estimate of drug-likeness (QED) is 0.606. The summed E-state index contributed by atoms with van der Waals surface area (Å²) in [7, 11) is 0. The molecule has 23 heavy (non-hydrogen) atoms. The third-order valence-corrected chi connectivity index (χ3v) is 3.75. The van der Waals surface area contributed by atoms with Crippen molar-refractivity contribution in [2.24, 2.45) is 0 Å². The summed E-state index contributed by atoms with van der Waals surface area (Å²) in [6, 6.07) is 22.1. The Balaban J connectivity index is 1.82. The zero-order valence-electron chi connectivity index (χ0n) is 13.8. The highest BCUT2D eigenvalue weighted by atomic mass is 16.5. The Morgan fingerprint density at radius 1 is 0.783 bits per heavy atom. The number of ether oxygens (including phenoxy) is 1. The molecule has 0 unspecified atom stereocenters. The first-order valence-electron chi connectivity index (χ1n) is 7.82. The second-order valence-corrected chi connectivity index (χ2v) is 6.62. The van der Waals surface area contributed by atoms with E-state index in [9.17, 15) is 0 Å². The maximum Gasteiger partial charge on any atom is 0.127 e. The van der Waals surface area contributed by atoms with E-state index in [4.69, 9.17) is 4.74 Å². The first-order valence-corrected chi connectivity index (χ1v) is 7.82. The minimum Gasteiger partial charge on any atom is -0.457 e. The molecule has 0 atom stereocenters. The van der Waals surface area contributed by atoms with Gasteiger partial charge in [0, 0.05) is 11.8 Å². The predicted molar refractivity (Wildman–Crippen MR) is 94.9 cm³/mol. The number of hydrogen-bond donors (Lipinski definition) is 0. The molecular weight excluding hydrogens is 282 g/mol. The third-order valence-electron chi connectivity index (χ3n) is 3.75. The van der Waals surface area contributed by atoms with E-state index in [0.717, 1.165) is 22.8 Å². The number of rotatable bonds is 3. The standard InChI is InChI=1S/C21H21NO/c1-21(2,3)17-13-14-22-20(15-17)16-9-11-19(12-10-16)23-18-7-5-4-6-8-18/h4-15H,1-3H3. The van der Waals surface area contributed by atoms with Crippen LogP contribution in [0.1, 0.15) is 26.3 Å². The van der Waals surface area contributed by atoms with Gasteiger partial charge in [-0.25, -0.2) is 0 Å². The zero-order chi connectivity index (χ0) is 16.3. The molecule has 0 spiro atoms. The molecule has 0 saturated heterocycles. The SMILES string of the molecule is CC(C)(C)c1ccnc(-c2ccc(Oc3ccccc3)cc2)c1. The van der Waals surface area contributed by atoms with Gasteiger partial charge >= 0.3 is 0 Å². The average molecular weight is 303 g/mol. The van der Waals surface area contributed by atoms with Crippen molar-refractivity contribution in [1.29, 1.82) is 0 Å². The molecule has 3 aromatic rings. The summed E-state index contributed by atoms with van der Waals surface area (Å²) in [6.45, 7) is 6.63. The number of aromatic nitrogens is 1. The minimum absolute atomic E-state index is 0.119. The van der Waals surface area contributed by atoms with E-state index in [0.29, 0.717) is 0 Å². The van der Waals surface area contributed by atoms with Crippen LogP contribution < -0.4 is 4.74 Å². The summed E-state index contributed by atoms with van der Waals surface area (Å²) in [4.78, 5) is 4.50. The lowest BCUT2D eigenvalue weighted by atomic mass is 9.87. The summed E-state index contributed by atoms with van der Waals surface area (Å²) in [5.41, 5.74) is 3.49. The van der Waals surface area contributed by atoms with Crippen molar-refractivity contribution >= 4 is 0 Å². The molecule has 0 N–H and O–H groups in total. The van der Waals surface area contributed by atoms with Crippen LogP contribution in [0.5, 0.6) is 11.5 Å². The minimum atomic E-state index is 0.119. The summed E-state index contributed by atoms with van der Waals surface area (Å²) in [5.74, 6) is 1.67. The van der Waals surface area contributed by atoms with E-state index >= 15 is 0 Å². The molecule has 2 aromatic carbocycles. The van der Waals surface area contributed by atoms with Crippen molar-refractivity contribution in [3.05, 3.63) is 78.5 Å². The summed E-state index contributed by atoms with van der Waals surface area (Å²) in [6.07, 6.45) is 1.88. The monoisotopic (exact) mass is 303 g/mol. The lowest BCUT2D eigenvalue weighted by Crippen LogP contribution is -2.11. The fraction of sp³-hybridized carbons (Fsp3) is 0.190. The Morgan fingerprint density at radius 2 is 1.43 bits per heavy atom. The fourth-order valence-electron chi connectivity index (χ4n) is 2.37. The molecule has 0 fully saturated rings. The highest BCUT2D eigenvalue weighted by Gasteiger charge is 2.14. The van der Waals surface area contributed by atoms with E-state index in [1.807, 2.05) is 60.8 Å². The van der Waals surface area contributed by atoms with Gasteiger partial charge in [-0.3, -0.25) is 4.98 Å². The lowest BCUT2D eigenvalue weighted by Gasteiger charge is -2.19. The molecule has 0 radical (unpaired) electrons. The smallest absolute Gasteiger partial charge is 0.127 e. The van der Waals surface area contributed by atoms with E-state index < -0.39 is 0 Å². The van der Waals surface area contributed by atoms with Crippen LogP contribution in [0, 0.1) is 0 Å². The highest BCUT2D eigenvalue weighted by Crippen LogP contribution is 2.28. The molecule has 0 aliphatic rings. The van der Waals surface area contributed by atoms with Crippen LogP contribution in [0.25, 0.3) is 11.3 Å². The molecule has 0 saturated carbocycles. The number of para-hydroxylation sites is 1. The Morgan fingerprint density at radius 3 is 2.09 bits per heavy atom. The molecule has 3 rings (SSSR count). The van der Waals surface area contributed by atoms with Crippen LogP contribution >= 0.6 is 0 Å². The number of benzene rings is 2. The van der Waals surface area contributed by atoms with Gasteiger partial charge in [0.05, 0.1) is 5.69 Å². The van der Waals surface area contributed by atoms with Crippen LogP contribution in [-0.2, 0) is 5.41 Å². The fourth-order valence-corrected chi connectivity index (χ4v) is 2.37. The van der Waals surface area contributed by atoms with E-state index in [-0.39, 0.29) is 5.41 Å². The molecule has 116 valence electrons. The molecule has 1 heterocycles. The molecule has 0 aliphatic heterocycles. The highest BCUT2D eigenvalue weighted by molar-refractivity contribution is 5.61. The molecule has 0 aliphatic carbocycles. The van der Waals surface area contributed by atoms with Crippen LogP contribution in [-0.4, -0.2) is 4.98 Å². The summed E-state index contributed by atoms with van der Waals surface area (Å²) in [5, 5.41) is 0. The van der Waals surface area contributed by atoms with E-state index in [1.54, 1.807) is 0 Å². The normalized spacial score (nSPS) is 11.3. The van der Waals surface area contributed by atoms with Crippen molar-refractivity contribution in [3.63, 3.8) is 0 Å². The van der Waals surface area contributed by atoms with Crippen LogP contribution in [0.4, 0.5) is 0 Å². The molecule has 2 nitrogen and oxygen atoms in total. The Kier molecular flexibility index (Phi) is 4.16. The van der Waals surface area contributed by atoms with Gasteiger partial charge in [-0.05, 0) is 59.5 Å². The molecule has 2 heteroatoms. The van der Waals surface area contributed by atoms with Gasteiger partial charge in [-0.15, -0.1) is 0 Å². The second-order valence-electron chi connectivity index (χ2n) is 6.62. The van der Waals surface area contributed by atoms with Crippen molar-refractivity contribution in [3.8, 4) is 22.8 Å². The largest absolute Gasteiger partial charge is 0.457 e. The van der Waals surface area contributed by atoms with Crippen LogP contribution in [0.3, 0.4) is 0 Å². The van der Waals surface area contributed by atoms with Gasteiger partial charge in [0.15, 0.2) is 0 Å². The van der Waals surface area contributed by atoms with Gasteiger partial charge in [-0.2, -0.15) is 0 Å². The maximum atomic E-state index is 5.83. The number of nitrogens with zero attached hydrogens (tertiary/aromatic N) is 1. The van der Waals surface area contributed by atoms with E-state index in [2.05, 4.69) is 37.9 Å².